The zero-order chi connectivity index (χ0) is 13.8. The fourth-order valence-corrected chi connectivity index (χ4v) is 2.25. The Morgan fingerprint density at radius 1 is 1.37 bits per heavy atom. The maximum atomic E-state index is 12.2. The summed E-state index contributed by atoms with van der Waals surface area (Å²) in [5.74, 6) is 0.908. The van der Waals surface area contributed by atoms with Crippen LogP contribution in [-0.2, 0) is 0 Å². The molecule has 0 amide bonds. The van der Waals surface area contributed by atoms with Crippen molar-refractivity contribution in [3.8, 4) is 5.75 Å². The molecule has 0 bridgehead atoms. The van der Waals surface area contributed by atoms with E-state index in [1.807, 2.05) is 39.0 Å². The van der Waals surface area contributed by atoms with Gasteiger partial charge in [-0.1, -0.05) is 6.92 Å². The lowest BCUT2D eigenvalue weighted by molar-refractivity contribution is 0.0993. The van der Waals surface area contributed by atoms with Gasteiger partial charge in [-0.3, -0.25) is 4.79 Å². The highest BCUT2D eigenvalue weighted by atomic mass is 16.5. The van der Waals surface area contributed by atoms with Crippen LogP contribution in [0.3, 0.4) is 0 Å². The first-order chi connectivity index (χ1) is 9.17. The van der Waals surface area contributed by atoms with Crippen LogP contribution in [-0.4, -0.2) is 30.5 Å². The van der Waals surface area contributed by atoms with Gasteiger partial charge < -0.3 is 15.0 Å². The standard InChI is InChI=1S/C15H20N2O2/c1-4-16-9-14(18)15-10(3)17-13-7-6-11(19-5-2)8-12(13)15/h6-8,16-17H,4-5,9H2,1-3H3. The molecule has 0 unspecified atom stereocenters. The van der Waals surface area contributed by atoms with Gasteiger partial charge in [-0.15, -0.1) is 0 Å². The summed E-state index contributed by atoms with van der Waals surface area (Å²) in [6.45, 7) is 7.64. The third-order valence-electron chi connectivity index (χ3n) is 3.08. The predicted molar refractivity (Wildman–Crippen MR) is 77.1 cm³/mol. The van der Waals surface area contributed by atoms with E-state index in [1.165, 1.54) is 0 Å². The van der Waals surface area contributed by atoms with E-state index >= 15 is 0 Å². The lowest BCUT2D eigenvalue weighted by Crippen LogP contribution is -2.22. The molecule has 0 aliphatic rings. The molecule has 0 spiro atoms. The van der Waals surface area contributed by atoms with Crippen LogP contribution in [0.25, 0.3) is 10.9 Å². The zero-order valence-corrected chi connectivity index (χ0v) is 11.7. The number of carbonyl (C=O) groups excluding carboxylic acids is 1. The van der Waals surface area contributed by atoms with Gasteiger partial charge in [-0.05, 0) is 38.6 Å². The molecule has 4 nitrogen and oxygen atoms in total. The van der Waals surface area contributed by atoms with Gasteiger partial charge in [0, 0.05) is 22.2 Å². The minimum Gasteiger partial charge on any atom is -0.494 e. The highest BCUT2D eigenvalue weighted by Crippen LogP contribution is 2.26. The van der Waals surface area contributed by atoms with Gasteiger partial charge in [0.05, 0.1) is 13.2 Å². The number of aromatic amines is 1. The Hall–Kier alpha value is -1.81. The third kappa shape index (κ3) is 2.79. The molecule has 4 heteroatoms. The first-order valence-corrected chi connectivity index (χ1v) is 6.66. The fraction of sp³-hybridized carbons (Fsp3) is 0.400. The minimum absolute atomic E-state index is 0.110. The summed E-state index contributed by atoms with van der Waals surface area (Å²) in [7, 11) is 0. The lowest BCUT2D eigenvalue weighted by Gasteiger charge is -2.04. The smallest absolute Gasteiger partial charge is 0.179 e. The minimum atomic E-state index is 0.110. The van der Waals surface area contributed by atoms with Crippen LogP contribution in [0.4, 0.5) is 0 Å². The van der Waals surface area contributed by atoms with E-state index in [0.29, 0.717) is 13.2 Å². The van der Waals surface area contributed by atoms with Gasteiger partial charge in [0.15, 0.2) is 5.78 Å². The molecule has 1 heterocycles. The van der Waals surface area contributed by atoms with Crippen molar-refractivity contribution in [3.63, 3.8) is 0 Å². The monoisotopic (exact) mass is 260 g/mol. The summed E-state index contributed by atoms with van der Waals surface area (Å²) in [4.78, 5) is 15.5. The molecule has 0 aliphatic carbocycles. The van der Waals surface area contributed by atoms with E-state index in [1.54, 1.807) is 0 Å². The second kappa shape index (κ2) is 5.89. The Morgan fingerprint density at radius 2 is 2.16 bits per heavy atom. The Kier molecular flexibility index (Phi) is 4.22. The first-order valence-electron chi connectivity index (χ1n) is 6.66. The number of H-pyrrole nitrogens is 1. The molecule has 2 N–H and O–H groups in total. The number of hydrogen-bond acceptors (Lipinski definition) is 3. The quantitative estimate of drug-likeness (QED) is 0.785. The number of Topliss-reactive ketones (excluding diaryl/α,β-unsaturated/α-hetero) is 1. The average molecular weight is 260 g/mol. The van der Waals surface area contributed by atoms with E-state index in [4.69, 9.17) is 4.74 Å². The molecule has 0 radical (unpaired) electrons. The number of aryl methyl sites for hydroxylation is 1. The van der Waals surface area contributed by atoms with Crippen molar-refractivity contribution < 1.29 is 9.53 Å². The number of benzene rings is 1. The van der Waals surface area contributed by atoms with E-state index in [2.05, 4.69) is 10.3 Å². The summed E-state index contributed by atoms with van der Waals surface area (Å²) in [5, 5.41) is 4.01. The predicted octanol–water partition coefficient (Wildman–Crippen LogP) is 2.67. The summed E-state index contributed by atoms with van der Waals surface area (Å²) in [5.41, 5.74) is 2.64. The van der Waals surface area contributed by atoms with Gasteiger partial charge >= 0.3 is 0 Å². The Morgan fingerprint density at radius 3 is 2.84 bits per heavy atom. The van der Waals surface area contributed by atoms with Crippen LogP contribution < -0.4 is 10.1 Å². The zero-order valence-electron chi connectivity index (χ0n) is 11.7. The number of rotatable bonds is 6. The van der Waals surface area contributed by atoms with Gasteiger partial charge in [-0.25, -0.2) is 0 Å². The summed E-state index contributed by atoms with van der Waals surface area (Å²) in [6, 6.07) is 5.80. The van der Waals surface area contributed by atoms with Gasteiger partial charge in [0.25, 0.3) is 0 Å². The van der Waals surface area contributed by atoms with E-state index in [0.717, 1.165) is 34.5 Å². The van der Waals surface area contributed by atoms with Gasteiger partial charge in [0.2, 0.25) is 0 Å². The van der Waals surface area contributed by atoms with Crippen LogP contribution in [0.2, 0.25) is 0 Å². The van der Waals surface area contributed by atoms with E-state index < -0.39 is 0 Å². The van der Waals surface area contributed by atoms with Crippen LogP contribution in [0, 0.1) is 6.92 Å². The molecule has 0 fully saturated rings. The molecule has 0 atom stereocenters. The average Bonchev–Trinajstić information content (AvgIpc) is 2.72. The molecular weight excluding hydrogens is 240 g/mol. The molecule has 1 aromatic carbocycles. The number of ether oxygens (including phenoxy) is 1. The largest absolute Gasteiger partial charge is 0.494 e. The maximum absolute atomic E-state index is 12.2. The Balaban J connectivity index is 2.43. The van der Waals surface area contributed by atoms with Crippen molar-refractivity contribution in [2.75, 3.05) is 19.7 Å². The number of fused-ring (bicyclic) bond motifs is 1. The molecule has 0 saturated carbocycles. The molecule has 0 saturated heterocycles. The molecule has 2 rings (SSSR count). The third-order valence-corrected chi connectivity index (χ3v) is 3.08. The highest BCUT2D eigenvalue weighted by Gasteiger charge is 2.16. The molecule has 19 heavy (non-hydrogen) atoms. The Labute approximate surface area is 113 Å². The van der Waals surface area contributed by atoms with Gasteiger partial charge in [-0.2, -0.15) is 0 Å². The van der Waals surface area contributed by atoms with Crippen LogP contribution in [0.1, 0.15) is 29.9 Å². The number of ketones is 1. The summed E-state index contributed by atoms with van der Waals surface area (Å²) >= 11 is 0. The normalized spacial score (nSPS) is 10.9. The number of aromatic nitrogens is 1. The van der Waals surface area contributed by atoms with Crippen molar-refractivity contribution in [2.45, 2.75) is 20.8 Å². The molecule has 2 aromatic rings. The number of hydrogen-bond donors (Lipinski definition) is 2. The molecule has 1 aromatic heterocycles. The number of carbonyl (C=O) groups is 1. The first kappa shape index (κ1) is 13.6. The van der Waals surface area contributed by atoms with Crippen molar-refractivity contribution in [1.82, 2.24) is 10.3 Å². The SMILES string of the molecule is CCNCC(=O)c1c(C)[nH]c2ccc(OCC)cc12. The van der Waals surface area contributed by atoms with Crippen molar-refractivity contribution in [2.24, 2.45) is 0 Å². The maximum Gasteiger partial charge on any atom is 0.179 e. The van der Waals surface area contributed by atoms with Gasteiger partial charge in [0.1, 0.15) is 5.75 Å². The molecule has 0 aliphatic heterocycles. The van der Waals surface area contributed by atoms with Crippen molar-refractivity contribution in [3.05, 3.63) is 29.5 Å². The summed E-state index contributed by atoms with van der Waals surface area (Å²) in [6.07, 6.45) is 0. The molecule has 102 valence electrons. The van der Waals surface area contributed by atoms with E-state index in [9.17, 15) is 4.79 Å². The lowest BCUT2D eigenvalue weighted by atomic mass is 10.1. The number of likely N-dealkylation sites (N-methyl/N-ethyl adjacent to an activating group) is 1. The second-order valence-electron chi connectivity index (χ2n) is 4.47. The second-order valence-corrected chi connectivity index (χ2v) is 4.47. The highest BCUT2D eigenvalue weighted by molar-refractivity contribution is 6.10. The van der Waals surface area contributed by atoms with Crippen LogP contribution in [0.15, 0.2) is 18.2 Å². The van der Waals surface area contributed by atoms with Crippen LogP contribution in [0.5, 0.6) is 5.75 Å². The van der Waals surface area contributed by atoms with E-state index in [-0.39, 0.29) is 5.78 Å². The topological polar surface area (TPSA) is 54.1 Å². The van der Waals surface area contributed by atoms with Crippen molar-refractivity contribution >= 4 is 16.7 Å². The Bertz CT molecular complexity index is 587. The number of nitrogens with one attached hydrogen (secondary N) is 2. The molecular formula is C15H20N2O2. The van der Waals surface area contributed by atoms with Crippen molar-refractivity contribution in [1.29, 1.82) is 0 Å². The fourth-order valence-electron chi connectivity index (χ4n) is 2.25. The summed E-state index contributed by atoms with van der Waals surface area (Å²) < 4.78 is 5.50. The van der Waals surface area contributed by atoms with Crippen LogP contribution >= 0.6 is 0 Å².